The highest BCUT2D eigenvalue weighted by Gasteiger charge is 2.28. The fraction of sp³-hybridized carbons (Fsp3) is 0.381. The van der Waals surface area contributed by atoms with Gasteiger partial charge in [0.1, 0.15) is 18.2 Å². The molecule has 154 valence electrons. The predicted molar refractivity (Wildman–Crippen MR) is 105 cm³/mol. The number of rotatable bonds is 6. The molecule has 29 heavy (non-hydrogen) atoms. The van der Waals surface area contributed by atoms with Crippen LogP contribution in [0.1, 0.15) is 30.4 Å². The highest BCUT2D eigenvalue weighted by molar-refractivity contribution is 7.89. The van der Waals surface area contributed by atoms with Crippen molar-refractivity contribution in [3.63, 3.8) is 0 Å². The lowest BCUT2D eigenvalue weighted by molar-refractivity contribution is -0.121. The first-order chi connectivity index (χ1) is 13.9. The Morgan fingerprint density at radius 3 is 2.79 bits per heavy atom. The molecule has 2 aromatic carbocycles. The summed E-state index contributed by atoms with van der Waals surface area (Å²) < 4.78 is 46.5. The van der Waals surface area contributed by atoms with E-state index in [1.165, 1.54) is 22.5 Å². The van der Waals surface area contributed by atoms with Crippen molar-refractivity contribution in [1.29, 1.82) is 0 Å². The monoisotopic (exact) mass is 418 g/mol. The molecule has 8 heteroatoms. The molecule has 1 amide bonds. The molecule has 0 atom stereocenters. The van der Waals surface area contributed by atoms with E-state index in [0.717, 1.165) is 30.0 Å². The average Bonchev–Trinajstić information content (AvgIpc) is 3.52. The summed E-state index contributed by atoms with van der Waals surface area (Å²) in [5.74, 6) is 0.0754. The van der Waals surface area contributed by atoms with Crippen LogP contribution in [0.3, 0.4) is 0 Å². The number of aryl methyl sites for hydroxylation is 1. The summed E-state index contributed by atoms with van der Waals surface area (Å²) >= 11 is 0. The normalized spacial score (nSPS) is 17.1. The molecule has 0 aromatic heterocycles. The number of sulfonamides is 1. The van der Waals surface area contributed by atoms with Gasteiger partial charge in [0.05, 0.1) is 4.90 Å². The number of fused-ring (bicyclic) bond motifs is 1. The number of carbonyl (C=O) groups excluding carboxylic acids is 1. The lowest BCUT2D eigenvalue weighted by atomic mass is 10.1. The Morgan fingerprint density at radius 1 is 1.21 bits per heavy atom. The zero-order valence-electron chi connectivity index (χ0n) is 15.9. The van der Waals surface area contributed by atoms with E-state index in [0.29, 0.717) is 24.6 Å². The van der Waals surface area contributed by atoms with Crippen LogP contribution in [0.25, 0.3) is 0 Å². The number of hydrogen-bond acceptors (Lipinski definition) is 4. The van der Waals surface area contributed by atoms with Gasteiger partial charge in [-0.05, 0) is 49.1 Å². The molecule has 1 aliphatic heterocycles. The lowest BCUT2D eigenvalue weighted by Crippen LogP contribution is -2.32. The lowest BCUT2D eigenvalue weighted by Gasteiger charge is -2.19. The molecule has 0 saturated heterocycles. The van der Waals surface area contributed by atoms with Gasteiger partial charge in [0.2, 0.25) is 15.9 Å². The van der Waals surface area contributed by atoms with E-state index in [-0.39, 0.29) is 30.5 Å². The third-order valence-corrected chi connectivity index (χ3v) is 6.93. The van der Waals surface area contributed by atoms with Crippen LogP contribution in [-0.4, -0.2) is 37.8 Å². The molecule has 0 bridgehead atoms. The van der Waals surface area contributed by atoms with Crippen molar-refractivity contribution >= 4 is 15.9 Å². The molecule has 4 rings (SSSR count). The van der Waals surface area contributed by atoms with Gasteiger partial charge in [0.15, 0.2) is 0 Å². The fourth-order valence-corrected chi connectivity index (χ4v) is 4.78. The molecule has 1 heterocycles. The van der Waals surface area contributed by atoms with Gasteiger partial charge in [0, 0.05) is 31.1 Å². The molecule has 0 unspecified atom stereocenters. The topological polar surface area (TPSA) is 75.7 Å². The fourth-order valence-electron chi connectivity index (χ4n) is 3.35. The smallest absolute Gasteiger partial charge is 0.243 e. The molecular formula is C21H23FN2O4S. The number of ether oxygens (including phenoxy) is 1. The second-order valence-corrected chi connectivity index (χ2v) is 9.37. The van der Waals surface area contributed by atoms with Crippen LogP contribution < -0.4 is 10.1 Å². The molecule has 1 N–H and O–H groups in total. The number of nitrogens with zero attached hydrogens (tertiary/aromatic N) is 1. The van der Waals surface area contributed by atoms with Crippen LogP contribution in [0.5, 0.6) is 5.75 Å². The highest BCUT2D eigenvalue weighted by Crippen LogP contribution is 2.28. The Morgan fingerprint density at radius 2 is 2.03 bits per heavy atom. The minimum atomic E-state index is -3.85. The van der Waals surface area contributed by atoms with Crippen LogP contribution in [0.15, 0.2) is 47.4 Å². The van der Waals surface area contributed by atoms with Crippen LogP contribution in [0, 0.1) is 5.82 Å². The van der Waals surface area contributed by atoms with E-state index in [2.05, 4.69) is 5.32 Å². The largest absolute Gasteiger partial charge is 0.492 e. The zero-order chi connectivity index (χ0) is 20.4. The third kappa shape index (κ3) is 4.76. The van der Waals surface area contributed by atoms with Gasteiger partial charge in [-0.1, -0.05) is 18.2 Å². The van der Waals surface area contributed by atoms with Gasteiger partial charge >= 0.3 is 0 Å². The number of halogens is 1. The second kappa shape index (κ2) is 8.12. The first kappa shape index (κ1) is 19.8. The number of benzene rings is 2. The Balaban J connectivity index is 1.50. The SMILES string of the molecule is O=C(CCc1ccc2c(c1)CN(S(=O)(=O)c1cccc(F)c1)CCO2)NC1CC1. The minimum Gasteiger partial charge on any atom is -0.492 e. The van der Waals surface area contributed by atoms with Gasteiger partial charge in [0.25, 0.3) is 0 Å². The van der Waals surface area contributed by atoms with Crippen molar-refractivity contribution in [2.45, 2.75) is 43.2 Å². The minimum absolute atomic E-state index is 0.0361. The van der Waals surface area contributed by atoms with Crippen molar-refractivity contribution in [3.05, 3.63) is 59.4 Å². The van der Waals surface area contributed by atoms with Gasteiger partial charge in [-0.25, -0.2) is 12.8 Å². The van der Waals surface area contributed by atoms with Crippen molar-refractivity contribution in [1.82, 2.24) is 9.62 Å². The summed E-state index contributed by atoms with van der Waals surface area (Å²) in [4.78, 5) is 11.8. The quantitative estimate of drug-likeness (QED) is 0.783. The van der Waals surface area contributed by atoms with Crippen molar-refractivity contribution in [2.75, 3.05) is 13.2 Å². The summed E-state index contributed by atoms with van der Waals surface area (Å²) in [5, 5.41) is 2.96. The summed E-state index contributed by atoms with van der Waals surface area (Å²) in [6.45, 7) is 0.521. The molecule has 0 radical (unpaired) electrons. The Labute approximate surface area is 169 Å². The van der Waals surface area contributed by atoms with Crippen LogP contribution in [-0.2, 0) is 27.8 Å². The first-order valence-corrected chi connectivity index (χ1v) is 11.2. The second-order valence-electron chi connectivity index (χ2n) is 7.43. The Hall–Kier alpha value is -2.45. The zero-order valence-corrected chi connectivity index (χ0v) is 16.8. The molecule has 0 spiro atoms. The Kier molecular flexibility index (Phi) is 5.56. The standard InChI is InChI=1S/C21H23FN2O4S/c22-17-2-1-3-19(13-17)29(26,27)24-10-11-28-20-8-4-15(12-16(20)14-24)5-9-21(25)23-18-6-7-18/h1-4,8,12-13,18H,5-7,9-11,14H2,(H,23,25). The maximum atomic E-state index is 13.5. The molecular weight excluding hydrogens is 395 g/mol. The number of amides is 1. The summed E-state index contributed by atoms with van der Waals surface area (Å²) in [6, 6.07) is 11.0. The molecule has 1 saturated carbocycles. The van der Waals surface area contributed by atoms with Crippen LogP contribution >= 0.6 is 0 Å². The van der Waals surface area contributed by atoms with Crippen molar-refractivity contribution in [2.24, 2.45) is 0 Å². The highest BCUT2D eigenvalue weighted by atomic mass is 32.2. The van der Waals surface area contributed by atoms with E-state index >= 15 is 0 Å². The van der Waals surface area contributed by atoms with Crippen molar-refractivity contribution < 1.29 is 22.3 Å². The van der Waals surface area contributed by atoms with Gasteiger partial charge < -0.3 is 10.1 Å². The number of hydrogen-bond donors (Lipinski definition) is 1. The van der Waals surface area contributed by atoms with E-state index in [1.54, 1.807) is 0 Å². The molecule has 6 nitrogen and oxygen atoms in total. The molecule has 1 fully saturated rings. The average molecular weight is 418 g/mol. The molecule has 2 aromatic rings. The maximum Gasteiger partial charge on any atom is 0.243 e. The van der Waals surface area contributed by atoms with E-state index < -0.39 is 15.8 Å². The van der Waals surface area contributed by atoms with Gasteiger partial charge in [-0.3, -0.25) is 4.79 Å². The number of nitrogens with one attached hydrogen (secondary N) is 1. The summed E-state index contributed by atoms with van der Waals surface area (Å²) in [7, 11) is -3.85. The van der Waals surface area contributed by atoms with Gasteiger partial charge in [-0.15, -0.1) is 0 Å². The third-order valence-electron chi connectivity index (χ3n) is 5.09. The first-order valence-electron chi connectivity index (χ1n) is 9.71. The van der Waals surface area contributed by atoms with E-state index in [1.807, 2.05) is 18.2 Å². The number of carbonyl (C=O) groups is 1. The predicted octanol–water partition coefficient (Wildman–Crippen LogP) is 2.62. The Bertz CT molecular complexity index is 1020. The molecule has 1 aliphatic carbocycles. The summed E-state index contributed by atoms with van der Waals surface area (Å²) in [5.41, 5.74) is 1.69. The van der Waals surface area contributed by atoms with Gasteiger partial charge in [-0.2, -0.15) is 4.31 Å². The maximum absolute atomic E-state index is 13.5. The molecule has 2 aliphatic rings. The van der Waals surface area contributed by atoms with Crippen molar-refractivity contribution in [3.8, 4) is 5.75 Å². The van der Waals surface area contributed by atoms with Crippen LogP contribution in [0.2, 0.25) is 0 Å². The summed E-state index contributed by atoms with van der Waals surface area (Å²) in [6.07, 6.45) is 3.07. The van der Waals surface area contributed by atoms with Crippen LogP contribution in [0.4, 0.5) is 4.39 Å². The van der Waals surface area contributed by atoms with E-state index in [9.17, 15) is 17.6 Å². The van der Waals surface area contributed by atoms with E-state index in [4.69, 9.17) is 4.74 Å².